The van der Waals surface area contributed by atoms with Crippen molar-refractivity contribution in [1.82, 2.24) is 29.3 Å². The summed E-state index contributed by atoms with van der Waals surface area (Å²) in [6, 6.07) is 2.08. The summed E-state index contributed by atoms with van der Waals surface area (Å²) >= 11 is 5.94. The van der Waals surface area contributed by atoms with Crippen molar-refractivity contribution in [2.24, 2.45) is 13.0 Å². The van der Waals surface area contributed by atoms with Crippen LogP contribution in [0.2, 0.25) is 5.28 Å². The highest BCUT2D eigenvalue weighted by atomic mass is 35.5. The average molecular weight is 389 g/mol. The minimum Gasteiger partial charge on any atom is -0.382 e. The van der Waals surface area contributed by atoms with Gasteiger partial charge in [0.2, 0.25) is 11.2 Å². The summed E-state index contributed by atoms with van der Waals surface area (Å²) in [5.74, 6) is 0.880. The molecule has 0 spiro atoms. The molecule has 1 fully saturated rings. The van der Waals surface area contributed by atoms with Gasteiger partial charge in [-0.15, -0.1) is 0 Å². The normalized spacial score (nSPS) is 20.1. The lowest BCUT2D eigenvalue weighted by atomic mass is 9.85. The van der Waals surface area contributed by atoms with Gasteiger partial charge in [0.15, 0.2) is 17.3 Å². The monoisotopic (exact) mass is 388 g/mol. The van der Waals surface area contributed by atoms with Gasteiger partial charge < -0.3 is 15.6 Å². The molecule has 0 bridgehead atoms. The van der Waals surface area contributed by atoms with E-state index in [-0.39, 0.29) is 29.0 Å². The zero-order valence-electron chi connectivity index (χ0n) is 15.2. The maximum Gasteiger partial charge on any atom is 0.228 e. The molecule has 3 aromatic rings. The van der Waals surface area contributed by atoms with Gasteiger partial charge in [0.25, 0.3) is 0 Å². The Hall–Kier alpha value is -2.68. The number of nitrogen functional groups attached to an aromatic ring is 1. The van der Waals surface area contributed by atoms with E-state index in [9.17, 15) is 4.79 Å². The number of rotatable bonds is 3. The van der Waals surface area contributed by atoms with Gasteiger partial charge in [-0.05, 0) is 44.2 Å². The van der Waals surface area contributed by atoms with Gasteiger partial charge in [0, 0.05) is 30.8 Å². The maximum atomic E-state index is 12.5. The first-order valence-corrected chi connectivity index (χ1v) is 9.27. The summed E-state index contributed by atoms with van der Waals surface area (Å²) in [6.45, 7) is 1.95. The summed E-state index contributed by atoms with van der Waals surface area (Å²) in [6.07, 6.45) is 5.01. The molecule has 0 unspecified atom stereocenters. The largest absolute Gasteiger partial charge is 0.382 e. The molecule has 9 nitrogen and oxygen atoms in total. The number of halogens is 1. The van der Waals surface area contributed by atoms with E-state index in [1.807, 2.05) is 24.6 Å². The molecule has 27 heavy (non-hydrogen) atoms. The Balaban J connectivity index is 1.44. The van der Waals surface area contributed by atoms with E-state index in [2.05, 4.69) is 25.4 Å². The zero-order chi connectivity index (χ0) is 19.1. The van der Waals surface area contributed by atoms with Gasteiger partial charge in [-0.2, -0.15) is 15.1 Å². The minimum absolute atomic E-state index is 0.0247. The molecule has 0 atom stereocenters. The first-order valence-electron chi connectivity index (χ1n) is 8.89. The number of nitrogens with zero attached hydrogens (tertiary/aromatic N) is 6. The Morgan fingerprint density at radius 1 is 1.30 bits per heavy atom. The number of hydrogen-bond acceptors (Lipinski definition) is 6. The number of nitrogens with one attached hydrogen (secondary N) is 1. The Bertz CT molecular complexity index is 982. The molecule has 1 saturated carbocycles. The van der Waals surface area contributed by atoms with Gasteiger partial charge >= 0.3 is 0 Å². The van der Waals surface area contributed by atoms with Gasteiger partial charge in [0.1, 0.15) is 5.52 Å². The Labute approximate surface area is 160 Å². The number of nitrogens with two attached hydrogens (primary N) is 1. The van der Waals surface area contributed by atoms with Crippen LogP contribution in [-0.4, -0.2) is 35.2 Å². The van der Waals surface area contributed by atoms with Crippen LogP contribution < -0.4 is 11.1 Å². The van der Waals surface area contributed by atoms with Gasteiger partial charge in [-0.3, -0.25) is 9.48 Å². The standard InChI is InChI=1S/C17H21ClN8O/c1-9-7-12(24-25(9)2)21-16(27)10-3-5-11(6-4-10)26-8-20-13-14(19)22-17(18)23-15(13)26/h7-8,10-11H,3-6H2,1-2H3,(H2,19,22,23)(H,21,24,27). The number of aryl methyl sites for hydroxylation is 2. The van der Waals surface area contributed by atoms with Gasteiger partial charge in [-0.1, -0.05) is 0 Å². The molecular formula is C17H21ClN8O. The second kappa shape index (κ2) is 6.80. The number of amides is 1. The Kier molecular flexibility index (Phi) is 4.47. The highest BCUT2D eigenvalue weighted by Gasteiger charge is 2.29. The van der Waals surface area contributed by atoms with Crippen molar-refractivity contribution in [3.05, 3.63) is 23.4 Å². The van der Waals surface area contributed by atoms with E-state index in [0.29, 0.717) is 17.0 Å². The third-order valence-electron chi connectivity index (χ3n) is 5.25. The van der Waals surface area contributed by atoms with Crippen LogP contribution in [0.4, 0.5) is 11.6 Å². The van der Waals surface area contributed by atoms with Gasteiger partial charge in [0.05, 0.1) is 6.33 Å². The fourth-order valence-electron chi connectivity index (χ4n) is 3.64. The number of hydrogen-bond donors (Lipinski definition) is 2. The van der Waals surface area contributed by atoms with E-state index in [4.69, 9.17) is 17.3 Å². The summed E-state index contributed by atoms with van der Waals surface area (Å²) < 4.78 is 3.74. The van der Waals surface area contributed by atoms with Crippen LogP contribution in [0.1, 0.15) is 37.4 Å². The number of carbonyl (C=O) groups is 1. The van der Waals surface area contributed by atoms with Crippen LogP contribution in [0.3, 0.4) is 0 Å². The number of carbonyl (C=O) groups excluding carboxylic acids is 1. The van der Waals surface area contributed by atoms with E-state index >= 15 is 0 Å². The maximum absolute atomic E-state index is 12.5. The fraction of sp³-hybridized carbons (Fsp3) is 0.471. The van der Waals surface area contributed by atoms with E-state index < -0.39 is 0 Å². The lowest BCUT2D eigenvalue weighted by Crippen LogP contribution is -2.28. The predicted molar refractivity (Wildman–Crippen MR) is 102 cm³/mol. The van der Waals surface area contributed by atoms with Crippen molar-refractivity contribution in [2.75, 3.05) is 11.1 Å². The van der Waals surface area contributed by atoms with Gasteiger partial charge in [-0.25, -0.2) is 4.98 Å². The number of anilines is 2. The van der Waals surface area contributed by atoms with Crippen molar-refractivity contribution >= 4 is 40.3 Å². The lowest BCUT2D eigenvalue weighted by molar-refractivity contribution is -0.121. The number of aromatic nitrogens is 6. The molecule has 3 heterocycles. The summed E-state index contributed by atoms with van der Waals surface area (Å²) in [4.78, 5) is 25.1. The zero-order valence-corrected chi connectivity index (χ0v) is 15.9. The molecule has 1 aliphatic carbocycles. The van der Waals surface area contributed by atoms with Crippen molar-refractivity contribution < 1.29 is 4.79 Å². The lowest BCUT2D eigenvalue weighted by Gasteiger charge is -2.28. The van der Waals surface area contributed by atoms with E-state index in [0.717, 1.165) is 31.4 Å². The highest BCUT2D eigenvalue weighted by Crippen LogP contribution is 2.35. The minimum atomic E-state index is -0.0263. The van der Waals surface area contributed by atoms with Crippen LogP contribution in [0.25, 0.3) is 11.2 Å². The van der Waals surface area contributed by atoms with Crippen molar-refractivity contribution in [3.63, 3.8) is 0 Å². The summed E-state index contributed by atoms with van der Waals surface area (Å²) in [5.41, 5.74) is 8.08. The molecule has 10 heteroatoms. The molecule has 0 saturated heterocycles. The Morgan fingerprint density at radius 3 is 2.70 bits per heavy atom. The van der Waals surface area contributed by atoms with Crippen LogP contribution in [0, 0.1) is 12.8 Å². The molecule has 4 rings (SSSR count). The first-order chi connectivity index (χ1) is 12.9. The van der Waals surface area contributed by atoms with E-state index in [1.54, 1.807) is 11.0 Å². The van der Waals surface area contributed by atoms with Crippen LogP contribution in [0.15, 0.2) is 12.4 Å². The summed E-state index contributed by atoms with van der Waals surface area (Å²) in [5, 5.41) is 7.32. The molecule has 3 N–H and O–H groups in total. The molecule has 0 aromatic carbocycles. The topological polar surface area (TPSA) is 117 Å². The smallest absolute Gasteiger partial charge is 0.228 e. The molecular weight excluding hydrogens is 368 g/mol. The number of fused-ring (bicyclic) bond motifs is 1. The highest BCUT2D eigenvalue weighted by molar-refractivity contribution is 6.28. The predicted octanol–water partition coefficient (Wildman–Crippen LogP) is 2.47. The van der Waals surface area contributed by atoms with Crippen molar-refractivity contribution in [3.8, 4) is 0 Å². The molecule has 0 aliphatic heterocycles. The molecule has 142 valence electrons. The SMILES string of the molecule is Cc1cc(NC(=O)C2CCC(n3cnc4c(N)nc(Cl)nc43)CC2)nn1C. The van der Waals surface area contributed by atoms with Crippen molar-refractivity contribution in [1.29, 1.82) is 0 Å². The van der Waals surface area contributed by atoms with E-state index in [1.165, 1.54) is 0 Å². The van der Waals surface area contributed by atoms with Crippen LogP contribution in [-0.2, 0) is 11.8 Å². The quantitative estimate of drug-likeness (QED) is 0.665. The number of imidazole rings is 1. The third kappa shape index (κ3) is 3.34. The first kappa shape index (κ1) is 17.7. The molecule has 0 radical (unpaired) electrons. The van der Waals surface area contributed by atoms with Crippen molar-refractivity contribution in [2.45, 2.75) is 38.6 Å². The third-order valence-corrected chi connectivity index (χ3v) is 5.42. The Morgan fingerprint density at radius 2 is 2.04 bits per heavy atom. The molecule has 1 aliphatic rings. The molecule has 3 aromatic heterocycles. The van der Waals surface area contributed by atoms with Crippen LogP contribution in [0.5, 0.6) is 0 Å². The average Bonchev–Trinajstić information content (AvgIpc) is 3.18. The fourth-order valence-corrected chi connectivity index (χ4v) is 3.82. The molecule has 1 amide bonds. The summed E-state index contributed by atoms with van der Waals surface area (Å²) in [7, 11) is 1.86. The second-order valence-corrected chi connectivity index (χ2v) is 7.33. The second-order valence-electron chi connectivity index (χ2n) is 6.99. The van der Waals surface area contributed by atoms with Crippen LogP contribution >= 0.6 is 11.6 Å².